The van der Waals surface area contributed by atoms with Crippen molar-refractivity contribution >= 4 is 27.5 Å². The van der Waals surface area contributed by atoms with Crippen LogP contribution in [0.15, 0.2) is 206 Å². The summed E-state index contributed by atoms with van der Waals surface area (Å²) in [4.78, 5) is 15.2. The highest BCUT2D eigenvalue weighted by atomic mass is 15.0. The largest absolute Gasteiger partial charge is 0.208 e. The molecular weight excluding hydrogens is 715 g/mol. The topological polar surface area (TPSA) is 38.7 Å². The standard InChI is InChI=1S/C56H45N3/c1-2-41(42-22-10-4-11-23-42)36-46(33-32-40-20-8-3-9-21-40)49-37-47-30-18-19-31-50(47)53(39-49)51-35-34-48(38-52(51)43-24-12-5-13-25-43)56-58-54(44-26-14-6-15-27-44)57-55(59-56)45-28-16-7-17-29-45/h3-6,8-16,18-31,33-39H,2,7,17,32H2,1H3/b41-36+,46-33+. The van der Waals surface area contributed by atoms with Crippen LogP contribution < -0.4 is 0 Å². The number of hydrogen-bond acceptors (Lipinski definition) is 3. The summed E-state index contributed by atoms with van der Waals surface area (Å²) in [5, 5.41) is 2.40. The minimum atomic E-state index is 0.653. The van der Waals surface area contributed by atoms with Crippen LogP contribution in [0, 0.1) is 0 Å². The molecule has 1 aliphatic rings. The molecule has 1 aromatic heterocycles. The summed E-state index contributed by atoms with van der Waals surface area (Å²) in [6, 6.07) is 62.6. The van der Waals surface area contributed by atoms with Gasteiger partial charge in [-0.3, -0.25) is 0 Å². The molecule has 0 N–H and O–H groups in total. The van der Waals surface area contributed by atoms with E-state index in [0.29, 0.717) is 17.5 Å². The second kappa shape index (κ2) is 17.5. The lowest BCUT2D eigenvalue weighted by molar-refractivity contribution is 1.01. The Bertz CT molecular complexity index is 2850. The summed E-state index contributed by atoms with van der Waals surface area (Å²) in [7, 11) is 0. The predicted molar refractivity (Wildman–Crippen MR) is 248 cm³/mol. The number of fused-ring (bicyclic) bond motifs is 1. The minimum Gasteiger partial charge on any atom is -0.208 e. The van der Waals surface area contributed by atoms with E-state index in [2.05, 4.69) is 195 Å². The smallest absolute Gasteiger partial charge is 0.164 e. The second-order valence-electron chi connectivity index (χ2n) is 14.9. The van der Waals surface area contributed by atoms with Gasteiger partial charge in [0.1, 0.15) is 0 Å². The van der Waals surface area contributed by atoms with Crippen LogP contribution in [0.3, 0.4) is 0 Å². The van der Waals surface area contributed by atoms with E-state index in [1.165, 1.54) is 44.2 Å². The maximum absolute atomic E-state index is 5.13. The van der Waals surface area contributed by atoms with Crippen LogP contribution in [0.2, 0.25) is 0 Å². The van der Waals surface area contributed by atoms with Gasteiger partial charge in [-0.25, -0.2) is 15.0 Å². The van der Waals surface area contributed by atoms with Gasteiger partial charge < -0.3 is 0 Å². The average Bonchev–Trinajstić information content (AvgIpc) is 3.32. The number of benzene rings is 7. The van der Waals surface area contributed by atoms with Gasteiger partial charge in [0, 0.05) is 16.7 Å². The van der Waals surface area contributed by atoms with Crippen molar-refractivity contribution in [2.24, 2.45) is 0 Å². The van der Waals surface area contributed by atoms with Crippen LogP contribution in [0.1, 0.15) is 48.7 Å². The Kier molecular flexibility index (Phi) is 11.1. The molecule has 284 valence electrons. The van der Waals surface area contributed by atoms with Crippen molar-refractivity contribution in [1.82, 2.24) is 15.0 Å². The van der Waals surface area contributed by atoms with E-state index in [1.807, 2.05) is 18.2 Å². The van der Waals surface area contributed by atoms with Crippen molar-refractivity contribution in [3.05, 3.63) is 229 Å². The lowest BCUT2D eigenvalue weighted by Crippen LogP contribution is -2.03. The number of rotatable bonds is 11. The second-order valence-corrected chi connectivity index (χ2v) is 14.9. The third kappa shape index (κ3) is 8.42. The Hall–Kier alpha value is -7.23. The van der Waals surface area contributed by atoms with Gasteiger partial charge in [0.05, 0.1) is 0 Å². The van der Waals surface area contributed by atoms with Gasteiger partial charge in [0.25, 0.3) is 0 Å². The molecular formula is C56H45N3. The zero-order chi connectivity index (χ0) is 39.8. The zero-order valence-corrected chi connectivity index (χ0v) is 33.3. The van der Waals surface area contributed by atoms with Crippen LogP contribution in [0.5, 0.6) is 0 Å². The molecule has 0 fully saturated rings. The number of allylic oxidation sites excluding steroid dienone is 8. The van der Waals surface area contributed by atoms with Crippen molar-refractivity contribution in [3.63, 3.8) is 0 Å². The summed E-state index contributed by atoms with van der Waals surface area (Å²) in [5.41, 5.74) is 13.7. The Morgan fingerprint density at radius 3 is 1.88 bits per heavy atom. The number of nitrogens with zero attached hydrogens (tertiary/aromatic N) is 3. The predicted octanol–water partition coefficient (Wildman–Crippen LogP) is 14.5. The molecule has 3 nitrogen and oxygen atoms in total. The first-order valence-electron chi connectivity index (χ1n) is 20.6. The summed E-state index contributed by atoms with van der Waals surface area (Å²) in [6.45, 7) is 2.24. The lowest BCUT2D eigenvalue weighted by Gasteiger charge is -2.18. The highest BCUT2D eigenvalue weighted by molar-refractivity contribution is 6.04. The SMILES string of the molecule is CC/C(=C\C(=C/Cc1ccccc1)c1cc(-c2ccc(-c3nc(C4=CCCC=C4)nc(-c4ccccc4)n3)cc2-c2ccccc2)c2ccccc2c1)c1ccccc1. The third-order valence-corrected chi connectivity index (χ3v) is 11.0. The van der Waals surface area contributed by atoms with Gasteiger partial charge in [-0.05, 0) is 105 Å². The fourth-order valence-corrected chi connectivity index (χ4v) is 7.94. The van der Waals surface area contributed by atoms with E-state index >= 15 is 0 Å². The molecule has 0 unspecified atom stereocenters. The normalized spacial score (nSPS) is 13.1. The van der Waals surface area contributed by atoms with Crippen LogP contribution >= 0.6 is 0 Å². The zero-order valence-electron chi connectivity index (χ0n) is 33.3. The molecule has 8 aromatic rings. The monoisotopic (exact) mass is 759 g/mol. The van der Waals surface area contributed by atoms with E-state index in [4.69, 9.17) is 15.0 Å². The Morgan fingerprint density at radius 2 is 1.17 bits per heavy atom. The molecule has 0 spiro atoms. The van der Waals surface area contributed by atoms with E-state index in [9.17, 15) is 0 Å². The summed E-state index contributed by atoms with van der Waals surface area (Å²) >= 11 is 0. The molecule has 0 bridgehead atoms. The fraction of sp³-hybridized carbons (Fsp3) is 0.0893. The quantitative estimate of drug-likeness (QED) is 0.123. The third-order valence-electron chi connectivity index (χ3n) is 11.0. The fourth-order valence-electron chi connectivity index (χ4n) is 7.94. The van der Waals surface area contributed by atoms with E-state index in [-0.39, 0.29) is 0 Å². The van der Waals surface area contributed by atoms with Crippen molar-refractivity contribution in [3.8, 4) is 45.0 Å². The molecule has 59 heavy (non-hydrogen) atoms. The van der Waals surface area contributed by atoms with Gasteiger partial charge in [0.15, 0.2) is 17.5 Å². The first-order chi connectivity index (χ1) is 29.2. The maximum Gasteiger partial charge on any atom is 0.164 e. The first-order valence-corrected chi connectivity index (χ1v) is 20.6. The molecule has 7 aromatic carbocycles. The van der Waals surface area contributed by atoms with E-state index < -0.39 is 0 Å². The Labute approximate surface area is 347 Å². The molecule has 1 heterocycles. The molecule has 0 atom stereocenters. The maximum atomic E-state index is 5.13. The lowest BCUT2D eigenvalue weighted by atomic mass is 9.87. The van der Waals surface area contributed by atoms with Crippen LogP contribution in [0.25, 0.3) is 72.5 Å². The Balaban J connectivity index is 1.24. The van der Waals surface area contributed by atoms with Crippen LogP contribution in [-0.2, 0) is 6.42 Å². The van der Waals surface area contributed by atoms with Crippen molar-refractivity contribution in [2.75, 3.05) is 0 Å². The van der Waals surface area contributed by atoms with Crippen molar-refractivity contribution in [1.29, 1.82) is 0 Å². The molecule has 0 radical (unpaired) electrons. The first kappa shape index (κ1) is 37.4. The van der Waals surface area contributed by atoms with Gasteiger partial charge in [-0.15, -0.1) is 0 Å². The molecule has 0 amide bonds. The number of aromatic nitrogens is 3. The molecule has 3 heteroatoms. The average molecular weight is 760 g/mol. The van der Waals surface area contributed by atoms with E-state index in [0.717, 1.165) is 59.1 Å². The van der Waals surface area contributed by atoms with Gasteiger partial charge in [0.2, 0.25) is 0 Å². The van der Waals surface area contributed by atoms with Gasteiger partial charge >= 0.3 is 0 Å². The Morgan fingerprint density at radius 1 is 0.525 bits per heavy atom. The molecule has 1 aliphatic carbocycles. The van der Waals surface area contributed by atoms with Crippen molar-refractivity contribution in [2.45, 2.75) is 32.6 Å². The molecule has 0 saturated heterocycles. The summed E-state index contributed by atoms with van der Waals surface area (Å²) < 4.78 is 0. The summed E-state index contributed by atoms with van der Waals surface area (Å²) in [5.74, 6) is 2.01. The van der Waals surface area contributed by atoms with Gasteiger partial charge in [-0.2, -0.15) is 0 Å². The van der Waals surface area contributed by atoms with Crippen molar-refractivity contribution < 1.29 is 0 Å². The van der Waals surface area contributed by atoms with E-state index in [1.54, 1.807) is 0 Å². The molecule has 0 saturated carbocycles. The number of hydrogen-bond donors (Lipinski definition) is 0. The summed E-state index contributed by atoms with van der Waals surface area (Å²) in [6.07, 6.45) is 15.1. The highest BCUT2D eigenvalue weighted by Crippen LogP contribution is 2.41. The van der Waals surface area contributed by atoms with Gasteiger partial charge in [-0.1, -0.05) is 195 Å². The molecule has 9 rings (SSSR count). The van der Waals surface area contributed by atoms with Crippen LogP contribution in [0.4, 0.5) is 0 Å². The van der Waals surface area contributed by atoms with Crippen LogP contribution in [-0.4, -0.2) is 15.0 Å². The highest BCUT2D eigenvalue weighted by Gasteiger charge is 2.18. The molecule has 0 aliphatic heterocycles. The minimum absolute atomic E-state index is 0.653.